The van der Waals surface area contributed by atoms with Crippen LogP contribution in [0.4, 0.5) is 10.1 Å². The number of thiazole rings is 1. The molecule has 0 spiro atoms. The van der Waals surface area contributed by atoms with Crippen molar-refractivity contribution >= 4 is 32.6 Å². The van der Waals surface area contributed by atoms with E-state index in [-0.39, 0.29) is 36.0 Å². The SMILES string of the molecule is N#CC1(CC(=O)[C@@H]2C[C@@H](F)CC[C@H]2c2nc(-c3cccnc3)sc2-c2ccc(N3CCS(=O)(=O)CC3)cc2)CC1. The van der Waals surface area contributed by atoms with Crippen LogP contribution in [0.15, 0.2) is 48.8 Å². The van der Waals surface area contributed by atoms with Crippen LogP contribution >= 0.6 is 11.3 Å². The molecule has 3 fully saturated rings. The maximum absolute atomic E-state index is 14.7. The van der Waals surface area contributed by atoms with Crippen molar-refractivity contribution in [3.63, 3.8) is 0 Å². The van der Waals surface area contributed by atoms with Crippen LogP contribution in [-0.2, 0) is 14.6 Å². The summed E-state index contributed by atoms with van der Waals surface area (Å²) in [6.07, 6.45) is 5.17. The Bertz CT molecular complexity index is 1530. The average Bonchev–Trinajstić information content (AvgIpc) is 3.60. The minimum absolute atomic E-state index is 0.0244. The summed E-state index contributed by atoms with van der Waals surface area (Å²) >= 11 is 1.54. The van der Waals surface area contributed by atoms with Gasteiger partial charge in [0.2, 0.25) is 0 Å². The Hall–Kier alpha value is -3.16. The van der Waals surface area contributed by atoms with Gasteiger partial charge in [-0.3, -0.25) is 9.78 Å². The third kappa shape index (κ3) is 5.54. The summed E-state index contributed by atoms with van der Waals surface area (Å²) in [6, 6.07) is 14.2. The number of nitrogens with zero attached hydrogens (tertiary/aromatic N) is 4. The number of carbonyl (C=O) groups excluding carboxylic acids is 1. The zero-order valence-electron chi connectivity index (χ0n) is 22.1. The van der Waals surface area contributed by atoms with Crippen LogP contribution in [0.3, 0.4) is 0 Å². The van der Waals surface area contributed by atoms with Crippen molar-refractivity contribution in [2.75, 3.05) is 29.5 Å². The Kier molecular flexibility index (Phi) is 7.21. The van der Waals surface area contributed by atoms with Crippen molar-refractivity contribution in [1.29, 1.82) is 5.26 Å². The molecule has 0 N–H and O–H groups in total. The first-order chi connectivity index (χ1) is 19.3. The number of Topliss-reactive ketones (excluding diaryl/α,β-unsaturated/α-hetero) is 1. The number of pyridine rings is 1. The van der Waals surface area contributed by atoms with E-state index in [0.717, 1.165) is 45.2 Å². The van der Waals surface area contributed by atoms with E-state index in [1.54, 1.807) is 23.7 Å². The Morgan fingerprint density at radius 2 is 1.88 bits per heavy atom. The van der Waals surface area contributed by atoms with Crippen LogP contribution < -0.4 is 4.90 Å². The molecule has 2 aromatic heterocycles. The first-order valence-electron chi connectivity index (χ1n) is 13.8. The van der Waals surface area contributed by atoms with Gasteiger partial charge in [-0.2, -0.15) is 5.26 Å². The van der Waals surface area contributed by atoms with Gasteiger partial charge in [0.05, 0.1) is 33.6 Å². The smallest absolute Gasteiger partial charge is 0.153 e. The van der Waals surface area contributed by atoms with E-state index in [1.165, 1.54) is 0 Å². The number of hydrogen-bond acceptors (Lipinski definition) is 8. The molecule has 3 atom stereocenters. The lowest BCUT2D eigenvalue weighted by Gasteiger charge is -2.32. The van der Waals surface area contributed by atoms with E-state index in [9.17, 15) is 22.9 Å². The molecule has 6 rings (SSSR count). The number of carbonyl (C=O) groups is 1. The molecule has 2 saturated carbocycles. The Labute approximate surface area is 238 Å². The quantitative estimate of drug-likeness (QED) is 0.360. The Balaban J connectivity index is 1.35. The molecule has 3 heterocycles. The molecule has 1 saturated heterocycles. The number of anilines is 1. The monoisotopic (exact) mass is 578 g/mol. The van der Waals surface area contributed by atoms with Crippen molar-refractivity contribution in [3.05, 3.63) is 54.5 Å². The fourth-order valence-corrected chi connectivity index (χ4v) is 8.28. The summed E-state index contributed by atoms with van der Waals surface area (Å²) in [5.41, 5.74) is 3.05. The second-order valence-corrected chi connectivity index (χ2v) is 14.6. The number of sulfone groups is 1. The van der Waals surface area contributed by atoms with Crippen molar-refractivity contribution in [2.24, 2.45) is 11.3 Å². The summed E-state index contributed by atoms with van der Waals surface area (Å²) in [6.45, 7) is 0.943. The number of halogens is 1. The highest BCUT2D eigenvalue weighted by atomic mass is 32.2. The summed E-state index contributed by atoms with van der Waals surface area (Å²) < 4.78 is 38.4. The second-order valence-electron chi connectivity index (χ2n) is 11.3. The molecule has 0 amide bonds. The molecule has 2 aliphatic carbocycles. The van der Waals surface area contributed by atoms with E-state index in [4.69, 9.17) is 4.98 Å². The number of aromatic nitrogens is 2. The van der Waals surface area contributed by atoms with E-state index >= 15 is 0 Å². The van der Waals surface area contributed by atoms with Crippen LogP contribution in [0.5, 0.6) is 0 Å². The maximum Gasteiger partial charge on any atom is 0.153 e. The maximum atomic E-state index is 14.7. The Morgan fingerprint density at radius 1 is 1.12 bits per heavy atom. The van der Waals surface area contributed by atoms with Crippen LogP contribution in [-0.4, -0.2) is 54.9 Å². The molecule has 0 bridgehead atoms. The molecule has 10 heteroatoms. The summed E-state index contributed by atoms with van der Waals surface area (Å²) in [5, 5.41) is 10.4. The van der Waals surface area contributed by atoms with Crippen molar-refractivity contribution in [1.82, 2.24) is 9.97 Å². The van der Waals surface area contributed by atoms with Crippen molar-refractivity contribution in [3.8, 4) is 27.1 Å². The number of alkyl halides is 1. The average molecular weight is 579 g/mol. The van der Waals surface area contributed by atoms with Crippen LogP contribution in [0.2, 0.25) is 0 Å². The van der Waals surface area contributed by atoms with E-state index < -0.39 is 27.3 Å². The molecule has 3 aromatic rings. The second kappa shape index (κ2) is 10.7. The van der Waals surface area contributed by atoms with Gasteiger partial charge in [-0.15, -0.1) is 11.3 Å². The lowest BCUT2D eigenvalue weighted by atomic mass is 9.72. The van der Waals surface area contributed by atoms with E-state index in [1.807, 2.05) is 36.4 Å². The summed E-state index contributed by atoms with van der Waals surface area (Å²) in [7, 11) is -2.97. The fraction of sp³-hybridized carbons (Fsp3) is 0.467. The van der Waals surface area contributed by atoms with Crippen LogP contribution in [0.1, 0.15) is 50.1 Å². The third-order valence-electron chi connectivity index (χ3n) is 8.56. The highest BCUT2D eigenvalue weighted by Gasteiger charge is 2.48. The van der Waals surface area contributed by atoms with E-state index in [0.29, 0.717) is 25.9 Å². The molecule has 7 nitrogen and oxygen atoms in total. The van der Waals surface area contributed by atoms with Crippen LogP contribution in [0.25, 0.3) is 21.0 Å². The highest BCUT2D eigenvalue weighted by molar-refractivity contribution is 7.91. The van der Waals surface area contributed by atoms with Gasteiger partial charge in [-0.05, 0) is 61.9 Å². The molecule has 40 heavy (non-hydrogen) atoms. The predicted octanol–water partition coefficient (Wildman–Crippen LogP) is 5.59. The van der Waals surface area contributed by atoms with Crippen molar-refractivity contribution in [2.45, 2.75) is 50.6 Å². The standard InChI is InChI=1S/C30H31FN4O3S2/c31-22-5-8-24(25(16-22)26(36)17-30(19-32)9-10-30)27-28(39-29(34-27)21-2-1-11-33-18-21)20-3-6-23(7-4-20)35-12-14-40(37,38)15-13-35/h1-4,6-7,11,18,22,24-25H,5,8-10,12-17H2/t22-,24+,25+/m0/s1. The largest absolute Gasteiger partial charge is 0.369 e. The summed E-state index contributed by atoms with van der Waals surface area (Å²) in [4.78, 5) is 25.9. The number of rotatable bonds is 7. The predicted molar refractivity (Wildman–Crippen MR) is 154 cm³/mol. The number of benzene rings is 1. The highest BCUT2D eigenvalue weighted by Crippen LogP contribution is 2.52. The molecule has 1 aliphatic heterocycles. The minimum Gasteiger partial charge on any atom is -0.369 e. The molecule has 1 aromatic carbocycles. The number of nitriles is 1. The molecule has 0 unspecified atom stereocenters. The molecule has 0 radical (unpaired) electrons. The molecular weight excluding hydrogens is 547 g/mol. The van der Waals surface area contributed by atoms with E-state index in [2.05, 4.69) is 16.0 Å². The molecule has 3 aliphatic rings. The topological polar surface area (TPSA) is 104 Å². The first-order valence-corrected chi connectivity index (χ1v) is 16.4. The minimum atomic E-state index is -2.97. The number of hydrogen-bond donors (Lipinski definition) is 0. The first kappa shape index (κ1) is 27.0. The normalized spacial score (nSPS) is 25.2. The molecular formula is C30H31FN4O3S2. The third-order valence-corrected chi connectivity index (χ3v) is 11.3. The lowest BCUT2D eigenvalue weighted by molar-refractivity contribution is -0.126. The number of ketones is 1. The van der Waals surface area contributed by atoms with Gasteiger partial charge in [-0.1, -0.05) is 12.1 Å². The molecule has 208 valence electrons. The van der Waals surface area contributed by atoms with Gasteiger partial charge < -0.3 is 4.90 Å². The van der Waals surface area contributed by atoms with Gasteiger partial charge in [0, 0.05) is 55.0 Å². The van der Waals surface area contributed by atoms with Gasteiger partial charge in [0.15, 0.2) is 9.84 Å². The van der Waals surface area contributed by atoms with Crippen LogP contribution in [0, 0.1) is 22.7 Å². The zero-order valence-corrected chi connectivity index (χ0v) is 23.8. The summed E-state index contributed by atoms with van der Waals surface area (Å²) in [5.74, 6) is -0.447. The van der Waals surface area contributed by atoms with Gasteiger partial charge in [-0.25, -0.2) is 17.8 Å². The van der Waals surface area contributed by atoms with Gasteiger partial charge in [0.25, 0.3) is 0 Å². The zero-order chi connectivity index (χ0) is 27.9. The van der Waals surface area contributed by atoms with Gasteiger partial charge in [0.1, 0.15) is 17.0 Å². The lowest BCUT2D eigenvalue weighted by Crippen LogP contribution is -2.40. The van der Waals surface area contributed by atoms with Gasteiger partial charge >= 0.3 is 0 Å². The van der Waals surface area contributed by atoms with Crippen molar-refractivity contribution < 1.29 is 17.6 Å². The fourth-order valence-electron chi connectivity index (χ4n) is 5.94. The Morgan fingerprint density at radius 3 is 2.52 bits per heavy atom.